The molecule has 1 aromatic heterocycles. The lowest BCUT2D eigenvalue weighted by atomic mass is 10.2. The second kappa shape index (κ2) is 7.88. The molecule has 8 heteroatoms. The Kier molecular flexibility index (Phi) is 5.60. The van der Waals surface area contributed by atoms with Gasteiger partial charge in [-0.15, -0.1) is 0 Å². The molecule has 3 aromatic rings. The van der Waals surface area contributed by atoms with Crippen LogP contribution < -0.4 is 10.1 Å². The summed E-state index contributed by atoms with van der Waals surface area (Å²) in [4.78, 5) is 4.04. The van der Waals surface area contributed by atoms with Gasteiger partial charge in [0.25, 0.3) is 0 Å². The maximum atomic E-state index is 6.03. The summed E-state index contributed by atoms with van der Waals surface area (Å²) >= 11 is 15.4. The number of H-pyrrole nitrogens is 1. The summed E-state index contributed by atoms with van der Waals surface area (Å²) in [6.07, 6.45) is 1.45. The summed E-state index contributed by atoms with van der Waals surface area (Å²) in [5.74, 6) is 1.38. The van der Waals surface area contributed by atoms with Gasteiger partial charge in [0.2, 0.25) is 5.95 Å². The van der Waals surface area contributed by atoms with Gasteiger partial charge in [-0.1, -0.05) is 45.2 Å². The molecule has 24 heavy (non-hydrogen) atoms. The molecule has 0 spiro atoms. The van der Waals surface area contributed by atoms with Crippen molar-refractivity contribution in [1.82, 2.24) is 15.2 Å². The smallest absolute Gasteiger partial charge is 0.218 e. The molecule has 3 rings (SSSR count). The zero-order valence-corrected chi connectivity index (χ0v) is 15.5. The standard InChI is InChI=1S/C16H13BrCl2N4O/c17-12-2-4-15(11(6-12)7-20-16-21-9-22-23-16)24-8-10-1-3-13(18)14(19)5-10/h1-6,9H,7-8H2,(H2,20,21,22,23). The van der Waals surface area contributed by atoms with Gasteiger partial charge in [-0.05, 0) is 35.9 Å². The van der Waals surface area contributed by atoms with E-state index in [4.69, 9.17) is 27.9 Å². The van der Waals surface area contributed by atoms with E-state index in [2.05, 4.69) is 36.4 Å². The highest BCUT2D eigenvalue weighted by Crippen LogP contribution is 2.26. The molecule has 0 aliphatic heterocycles. The Morgan fingerprint density at radius 1 is 1.12 bits per heavy atom. The average Bonchev–Trinajstić information content (AvgIpc) is 3.08. The zero-order valence-electron chi connectivity index (χ0n) is 12.4. The van der Waals surface area contributed by atoms with Crippen molar-refractivity contribution in [1.29, 1.82) is 0 Å². The monoisotopic (exact) mass is 426 g/mol. The van der Waals surface area contributed by atoms with Crippen LogP contribution in [0.1, 0.15) is 11.1 Å². The van der Waals surface area contributed by atoms with Gasteiger partial charge in [0.15, 0.2) is 0 Å². The van der Waals surface area contributed by atoms with E-state index in [0.717, 1.165) is 21.3 Å². The molecule has 0 saturated carbocycles. The van der Waals surface area contributed by atoms with E-state index in [-0.39, 0.29) is 0 Å². The Bertz CT molecular complexity index is 827. The summed E-state index contributed by atoms with van der Waals surface area (Å²) < 4.78 is 6.91. The lowest BCUT2D eigenvalue weighted by Gasteiger charge is -2.13. The van der Waals surface area contributed by atoms with Crippen molar-refractivity contribution in [2.45, 2.75) is 13.2 Å². The number of anilines is 1. The molecule has 0 radical (unpaired) electrons. The van der Waals surface area contributed by atoms with Gasteiger partial charge < -0.3 is 10.1 Å². The van der Waals surface area contributed by atoms with Gasteiger partial charge in [-0.2, -0.15) is 5.10 Å². The van der Waals surface area contributed by atoms with Gasteiger partial charge in [0, 0.05) is 16.6 Å². The van der Waals surface area contributed by atoms with Crippen molar-refractivity contribution in [3.8, 4) is 5.75 Å². The number of benzene rings is 2. The van der Waals surface area contributed by atoms with E-state index >= 15 is 0 Å². The van der Waals surface area contributed by atoms with Gasteiger partial charge >= 0.3 is 0 Å². The van der Waals surface area contributed by atoms with E-state index in [0.29, 0.717) is 29.1 Å². The Morgan fingerprint density at radius 2 is 2.00 bits per heavy atom. The fourth-order valence-corrected chi connectivity index (χ4v) is 2.82. The first-order chi connectivity index (χ1) is 11.6. The second-order valence-corrected chi connectivity index (χ2v) is 6.71. The van der Waals surface area contributed by atoms with Gasteiger partial charge in [0.05, 0.1) is 10.0 Å². The minimum Gasteiger partial charge on any atom is -0.489 e. The van der Waals surface area contributed by atoms with Crippen molar-refractivity contribution in [3.05, 3.63) is 68.4 Å². The van der Waals surface area contributed by atoms with Crippen molar-refractivity contribution < 1.29 is 4.74 Å². The molecule has 124 valence electrons. The fourth-order valence-electron chi connectivity index (χ4n) is 2.09. The number of aromatic nitrogens is 3. The first-order valence-electron chi connectivity index (χ1n) is 7.06. The first-order valence-corrected chi connectivity index (χ1v) is 8.61. The predicted octanol–water partition coefficient (Wildman–Crippen LogP) is 5.07. The number of nitrogens with one attached hydrogen (secondary N) is 2. The van der Waals surface area contributed by atoms with Crippen molar-refractivity contribution in [2.75, 3.05) is 5.32 Å². The summed E-state index contributed by atoms with van der Waals surface area (Å²) in [6, 6.07) is 11.3. The van der Waals surface area contributed by atoms with Crippen LogP contribution in [-0.4, -0.2) is 15.2 Å². The van der Waals surface area contributed by atoms with Gasteiger partial charge in [-0.3, -0.25) is 0 Å². The number of hydrogen-bond acceptors (Lipinski definition) is 4. The Hall–Kier alpha value is -1.76. The molecular weight excluding hydrogens is 415 g/mol. The minimum atomic E-state index is 0.397. The molecule has 2 N–H and O–H groups in total. The number of hydrogen-bond donors (Lipinski definition) is 2. The summed E-state index contributed by atoms with van der Waals surface area (Å²) in [5, 5.41) is 10.8. The third kappa shape index (κ3) is 4.41. The molecule has 0 saturated heterocycles. The molecular formula is C16H13BrCl2N4O. The summed E-state index contributed by atoms with van der Waals surface area (Å²) in [6.45, 7) is 0.944. The number of aromatic amines is 1. The van der Waals surface area contributed by atoms with Crippen LogP contribution in [0.5, 0.6) is 5.75 Å². The second-order valence-electron chi connectivity index (χ2n) is 4.98. The lowest BCUT2D eigenvalue weighted by molar-refractivity contribution is 0.303. The van der Waals surface area contributed by atoms with Crippen molar-refractivity contribution in [2.24, 2.45) is 0 Å². The molecule has 0 amide bonds. The van der Waals surface area contributed by atoms with E-state index < -0.39 is 0 Å². The molecule has 2 aromatic carbocycles. The highest BCUT2D eigenvalue weighted by atomic mass is 79.9. The van der Waals surface area contributed by atoms with Gasteiger partial charge in [0.1, 0.15) is 18.7 Å². The quantitative estimate of drug-likeness (QED) is 0.576. The molecule has 1 heterocycles. The van der Waals surface area contributed by atoms with Crippen LogP contribution in [0.15, 0.2) is 47.2 Å². The van der Waals surface area contributed by atoms with E-state index in [1.807, 2.05) is 24.3 Å². The third-order valence-corrected chi connectivity index (χ3v) is 4.49. The maximum absolute atomic E-state index is 6.03. The number of ether oxygens (including phenoxy) is 1. The van der Waals surface area contributed by atoms with Crippen LogP contribution in [0.4, 0.5) is 5.95 Å². The summed E-state index contributed by atoms with van der Waals surface area (Å²) in [7, 11) is 0. The normalized spacial score (nSPS) is 10.6. The van der Waals surface area contributed by atoms with E-state index in [9.17, 15) is 0 Å². The minimum absolute atomic E-state index is 0.397. The predicted molar refractivity (Wildman–Crippen MR) is 98.6 cm³/mol. The third-order valence-electron chi connectivity index (χ3n) is 3.26. The average molecular weight is 428 g/mol. The number of nitrogens with zero attached hydrogens (tertiary/aromatic N) is 2. The van der Waals surface area contributed by atoms with Crippen LogP contribution in [0.2, 0.25) is 10.0 Å². The Labute approximate surface area is 157 Å². The molecule has 0 fully saturated rings. The lowest BCUT2D eigenvalue weighted by Crippen LogP contribution is -2.05. The summed E-state index contributed by atoms with van der Waals surface area (Å²) in [5.41, 5.74) is 1.93. The number of rotatable bonds is 6. The maximum Gasteiger partial charge on any atom is 0.218 e. The van der Waals surface area contributed by atoms with E-state index in [1.165, 1.54) is 6.33 Å². The largest absolute Gasteiger partial charge is 0.489 e. The first kappa shape index (κ1) is 17.1. The highest BCUT2D eigenvalue weighted by Gasteiger charge is 2.07. The molecule has 0 bridgehead atoms. The Balaban J connectivity index is 1.71. The number of halogens is 3. The fraction of sp³-hybridized carbons (Fsp3) is 0.125. The van der Waals surface area contributed by atoms with Crippen LogP contribution >= 0.6 is 39.1 Å². The topological polar surface area (TPSA) is 62.8 Å². The van der Waals surface area contributed by atoms with Crippen LogP contribution in [0, 0.1) is 0 Å². The van der Waals surface area contributed by atoms with Crippen molar-refractivity contribution >= 4 is 45.1 Å². The highest BCUT2D eigenvalue weighted by molar-refractivity contribution is 9.10. The van der Waals surface area contributed by atoms with Crippen LogP contribution in [-0.2, 0) is 13.2 Å². The zero-order chi connectivity index (χ0) is 16.9. The van der Waals surface area contributed by atoms with Crippen LogP contribution in [0.25, 0.3) is 0 Å². The van der Waals surface area contributed by atoms with Crippen LogP contribution in [0.3, 0.4) is 0 Å². The molecule has 0 aliphatic rings. The Morgan fingerprint density at radius 3 is 2.75 bits per heavy atom. The molecule has 0 aliphatic carbocycles. The van der Waals surface area contributed by atoms with Gasteiger partial charge in [-0.25, -0.2) is 10.1 Å². The molecule has 5 nitrogen and oxygen atoms in total. The van der Waals surface area contributed by atoms with Crippen molar-refractivity contribution in [3.63, 3.8) is 0 Å². The molecule has 0 unspecified atom stereocenters. The molecule has 0 atom stereocenters. The van der Waals surface area contributed by atoms with E-state index in [1.54, 1.807) is 12.1 Å². The SMILES string of the molecule is Clc1ccc(COc2ccc(Br)cc2CNc2ncn[nH]2)cc1Cl.